The van der Waals surface area contributed by atoms with Gasteiger partial charge >= 0.3 is 11.9 Å². The summed E-state index contributed by atoms with van der Waals surface area (Å²) in [5, 5.41) is 17.2. The van der Waals surface area contributed by atoms with Crippen molar-refractivity contribution in [1.82, 2.24) is 0 Å². The van der Waals surface area contributed by atoms with Gasteiger partial charge in [-0.2, -0.15) is 0 Å². The van der Waals surface area contributed by atoms with E-state index in [1.807, 2.05) is 0 Å². The zero-order chi connectivity index (χ0) is 22.1. The van der Waals surface area contributed by atoms with Gasteiger partial charge in [0.25, 0.3) is 0 Å². The van der Waals surface area contributed by atoms with E-state index in [4.69, 9.17) is 10.2 Å². The van der Waals surface area contributed by atoms with E-state index < -0.39 is 11.9 Å². The summed E-state index contributed by atoms with van der Waals surface area (Å²) in [4.78, 5) is 20.8. The summed E-state index contributed by atoms with van der Waals surface area (Å²) in [7, 11) is 0. The highest BCUT2D eigenvalue weighted by Crippen LogP contribution is 2.13. The van der Waals surface area contributed by atoms with Gasteiger partial charge in [0.05, 0.1) is 0 Å². The molecule has 176 valence electrons. The second-order valence-corrected chi connectivity index (χ2v) is 8.70. The molecule has 0 bridgehead atoms. The maximum Gasteiger partial charge on any atom is 0.303 e. The molecule has 0 unspecified atom stereocenters. The maximum atomic E-state index is 10.4. The summed E-state index contributed by atoms with van der Waals surface area (Å²) in [6.45, 7) is 0. The first-order valence-corrected chi connectivity index (χ1v) is 12.7. The molecule has 0 spiro atoms. The van der Waals surface area contributed by atoms with Crippen LogP contribution >= 0.6 is 0 Å². The second-order valence-electron chi connectivity index (χ2n) is 8.70. The monoisotopic (exact) mass is 424 g/mol. The highest BCUT2D eigenvalue weighted by Gasteiger charge is 1.97. The lowest BCUT2D eigenvalue weighted by molar-refractivity contribution is -0.138. The van der Waals surface area contributed by atoms with Gasteiger partial charge in [-0.3, -0.25) is 9.59 Å². The first-order chi connectivity index (χ1) is 14.6. The highest BCUT2D eigenvalue weighted by atomic mass is 16.4. The molecule has 0 fully saturated rings. The largest absolute Gasteiger partial charge is 0.481 e. The van der Waals surface area contributed by atoms with E-state index in [-0.39, 0.29) is 0 Å². The van der Waals surface area contributed by atoms with Crippen molar-refractivity contribution in [3.8, 4) is 0 Å². The summed E-state index contributed by atoms with van der Waals surface area (Å²) in [5.41, 5.74) is 0. The topological polar surface area (TPSA) is 74.6 Å². The summed E-state index contributed by atoms with van der Waals surface area (Å²) in [6, 6.07) is 0. The van der Waals surface area contributed by atoms with Gasteiger partial charge in [-0.05, 0) is 38.5 Å². The molecule has 0 saturated carbocycles. The minimum Gasteiger partial charge on any atom is -0.481 e. The fourth-order valence-electron chi connectivity index (χ4n) is 3.79. The van der Waals surface area contributed by atoms with Gasteiger partial charge in [-0.1, -0.05) is 102 Å². The zero-order valence-corrected chi connectivity index (χ0v) is 19.4. The fourth-order valence-corrected chi connectivity index (χ4v) is 3.79. The van der Waals surface area contributed by atoms with E-state index in [0.29, 0.717) is 12.8 Å². The molecule has 0 rings (SSSR count). The van der Waals surface area contributed by atoms with Gasteiger partial charge in [0.1, 0.15) is 0 Å². The molecule has 0 radical (unpaired) electrons. The number of rotatable bonds is 24. The van der Waals surface area contributed by atoms with Gasteiger partial charge in [0.15, 0.2) is 0 Å². The van der Waals surface area contributed by atoms with Crippen LogP contribution in [0.25, 0.3) is 0 Å². The van der Waals surface area contributed by atoms with Crippen LogP contribution in [0.4, 0.5) is 0 Å². The molecule has 2 N–H and O–H groups in total. The molecule has 0 aliphatic carbocycles. The lowest BCUT2D eigenvalue weighted by Gasteiger charge is -2.02. The lowest BCUT2D eigenvalue weighted by Crippen LogP contribution is -1.93. The summed E-state index contributed by atoms with van der Waals surface area (Å²) in [5.74, 6) is -1.34. The van der Waals surface area contributed by atoms with Crippen LogP contribution in [0.5, 0.6) is 0 Å². The van der Waals surface area contributed by atoms with Crippen LogP contribution in [-0.4, -0.2) is 22.2 Å². The molecular weight excluding hydrogens is 376 g/mol. The average Bonchev–Trinajstić information content (AvgIpc) is 2.70. The fraction of sp³-hybridized carbons (Fsp3) is 0.846. The van der Waals surface area contributed by atoms with Crippen LogP contribution in [0.3, 0.4) is 0 Å². The molecule has 0 atom stereocenters. The number of carboxylic acids is 2. The molecule has 0 saturated heterocycles. The molecule has 0 aromatic carbocycles. The van der Waals surface area contributed by atoms with E-state index in [1.54, 1.807) is 0 Å². The third-order valence-corrected chi connectivity index (χ3v) is 5.69. The van der Waals surface area contributed by atoms with Crippen molar-refractivity contribution in [3.05, 3.63) is 12.2 Å². The Morgan fingerprint density at radius 2 is 0.633 bits per heavy atom. The molecule has 4 nitrogen and oxygen atoms in total. The lowest BCUT2D eigenvalue weighted by atomic mass is 10.0. The van der Waals surface area contributed by atoms with E-state index in [0.717, 1.165) is 25.7 Å². The predicted octanol–water partition coefficient (Wildman–Crippen LogP) is 8.29. The van der Waals surface area contributed by atoms with Gasteiger partial charge in [-0.15, -0.1) is 0 Å². The van der Waals surface area contributed by atoms with Crippen molar-refractivity contribution >= 4 is 11.9 Å². The normalized spacial score (nSPS) is 11.3. The number of aliphatic carboxylic acids is 2. The summed E-state index contributed by atoms with van der Waals surface area (Å²) >= 11 is 0. The second kappa shape index (κ2) is 24.0. The minimum absolute atomic E-state index is 0.326. The zero-order valence-electron chi connectivity index (χ0n) is 19.4. The first-order valence-electron chi connectivity index (χ1n) is 12.7. The Morgan fingerprint density at radius 3 is 0.900 bits per heavy atom. The SMILES string of the molecule is O=C(O)CCCCCCCCCCC/C=C/CCCCCCCCCCCC(=O)O. The van der Waals surface area contributed by atoms with Gasteiger partial charge < -0.3 is 10.2 Å². The van der Waals surface area contributed by atoms with Crippen molar-refractivity contribution in [1.29, 1.82) is 0 Å². The smallest absolute Gasteiger partial charge is 0.303 e. The molecule has 0 aliphatic heterocycles. The first kappa shape index (κ1) is 28.7. The Balaban J connectivity index is 3.10. The molecule has 0 aromatic rings. The number of carboxylic acid groups (broad SMARTS) is 2. The van der Waals surface area contributed by atoms with Crippen LogP contribution in [0.1, 0.15) is 141 Å². The number of hydrogen-bond acceptors (Lipinski definition) is 2. The third-order valence-electron chi connectivity index (χ3n) is 5.69. The highest BCUT2D eigenvalue weighted by molar-refractivity contribution is 5.66. The minimum atomic E-state index is -0.668. The van der Waals surface area contributed by atoms with Crippen LogP contribution < -0.4 is 0 Å². The molecule has 0 heterocycles. The standard InChI is InChI=1S/C26H48O4/c27-25(28)23-21-19-17-15-13-11-9-7-5-3-1-2-4-6-8-10-12-14-16-18-20-22-24-26(29)30/h1-2H,3-24H2,(H,27,28)(H,29,30)/b2-1+. The van der Waals surface area contributed by atoms with Gasteiger partial charge in [0.2, 0.25) is 0 Å². The van der Waals surface area contributed by atoms with Gasteiger partial charge in [0, 0.05) is 12.8 Å². The van der Waals surface area contributed by atoms with Gasteiger partial charge in [-0.25, -0.2) is 0 Å². The maximum absolute atomic E-state index is 10.4. The predicted molar refractivity (Wildman–Crippen MR) is 126 cm³/mol. The van der Waals surface area contributed by atoms with E-state index in [2.05, 4.69) is 12.2 Å². The molecule has 0 aromatic heterocycles. The van der Waals surface area contributed by atoms with Crippen LogP contribution in [-0.2, 0) is 9.59 Å². The van der Waals surface area contributed by atoms with Crippen molar-refractivity contribution < 1.29 is 19.8 Å². The number of allylic oxidation sites excluding steroid dienone is 2. The van der Waals surface area contributed by atoms with E-state index in [9.17, 15) is 9.59 Å². The van der Waals surface area contributed by atoms with Crippen LogP contribution in [0, 0.1) is 0 Å². The molecule has 30 heavy (non-hydrogen) atoms. The number of hydrogen-bond donors (Lipinski definition) is 2. The Bertz CT molecular complexity index is 379. The third kappa shape index (κ3) is 26.7. The molecule has 0 amide bonds. The molecule has 4 heteroatoms. The van der Waals surface area contributed by atoms with Crippen molar-refractivity contribution in [3.63, 3.8) is 0 Å². The van der Waals surface area contributed by atoms with Crippen molar-refractivity contribution in [2.45, 2.75) is 141 Å². The van der Waals surface area contributed by atoms with E-state index in [1.165, 1.54) is 103 Å². The average molecular weight is 425 g/mol. The summed E-state index contributed by atoms with van der Waals surface area (Å²) in [6.07, 6.45) is 29.7. The molecular formula is C26H48O4. The van der Waals surface area contributed by atoms with Crippen molar-refractivity contribution in [2.24, 2.45) is 0 Å². The Hall–Kier alpha value is -1.32. The Labute approximate surface area is 185 Å². The van der Waals surface area contributed by atoms with E-state index >= 15 is 0 Å². The van der Waals surface area contributed by atoms with Crippen LogP contribution in [0.15, 0.2) is 12.2 Å². The molecule has 0 aliphatic rings. The quantitative estimate of drug-likeness (QED) is 0.121. The Kier molecular flexibility index (Phi) is 22.9. The summed E-state index contributed by atoms with van der Waals surface area (Å²) < 4.78 is 0. The van der Waals surface area contributed by atoms with Crippen LogP contribution in [0.2, 0.25) is 0 Å². The number of carbonyl (C=O) groups is 2. The number of unbranched alkanes of at least 4 members (excludes halogenated alkanes) is 18. The van der Waals surface area contributed by atoms with Crippen molar-refractivity contribution in [2.75, 3.05) is 0 Å². The Morgan fingerprint density at radius 1 is 0.400 bits per heavy atom.